The maximum absolute atomic E-state index is 13.0. The van der Waals surface area contributed by atoms with Crippen LogP contribution >= 0.6 is 23.4 Å². The Bertz CT molecular complexity index is 1090. The van der Waals surface area contributed by atoms with Gasteiger partial charge in [0.25, 0.3) is 5.91 Å². The highest BCUT2D eigenvalue weighted by Gasteiger charge is 2.32. The number of thioether (sulfide) groups is 1. The Morgan fingerprint density at radius 3 is 2.59 bits per heavy atom. The average molecular weight is 471 g/mol. The van der Waals surface area contributed by atoms with Gasteiger partial charge in [0.2, 0.25) is 0 Å². The van der Waals surface area contributed by atoms with Gasteiger partial charge >= 0.3 is 0 Å². The molecule has 0 radical (unpaired) electrons. The number of halogens is 1. The van der Waals surface area contributed by atoms with E-state index >= 15 is 0 Å². The first-order valence-corrected chi connectivity index (χ1v) is 11.2. The zero-order chi connectivity index (χ0) is 23.1. The Hall–Kier alpha value is -3.08. The van der Waals surface area contributed by atoms with Gasteiger partial charge in [-0.15, -0.1) is 6.42 Å². The van der Waals surface area contributed by atoms with Crippen LogP contribution in [0.5, 0.6) is 17.2 Å². The van der Waals surface area contributed by atoms with Crippen molar-refractivity contribution in [2.75, 3.05) is 26.9 Å². The van der Waals surface area contributed by atoms with Gasteiger partial charge in [-0.1, -0.05) is 17.5 Å². The van der Waals surface area contributed by atoms with Gasteiger partial charge in [-0.25, -0.2) is 4.99 Å². The van der Waals surface area contributed by atoms with E-state index in [9.17, 15) is 4.79 Å². The molecule has 2 aromatic carbocycles. The van der Waals surface area contributed by atoms with Crippen LogP contribution in [0, 0.1) is 12.3 Å². The summed E-state index contributed by atoms with van der Waals surface area (Å²) in [7, 11) is 1.52. The fraction of sp³-hybridized carbons (Fsp3) is 0.250. The van der Waals surface area contributed by atoms with E-state index in [1.807, 2.05) is 38.1 Å². The smallest absolute Gasteiger partial charge is 0.266 e. The summed E-state index contributed by atoms with van der Waals surface area (Å²) in [4.78, 5) is 19.8. The molecule has 6 nitrogen and oxygen atoms in total. The van der Waals surface area contributed by atoms with E-state index in [0.29, 0.717) is 45.3 Å². The second kappa shape index (κ2) is 11.0. The summed E-state index contributed by atoms with van der Waals surface area (Å²) in [5.41, 5.74) is 1.44. The SMILES string of the molecule is C#CCOc1c(Cl)cc(/C=C2\SC(=Nc3ccc(OCC)cc3)N(CC)C2=O)cc1OC. The molecular formula is C24H23ClN2O4S. The molecule has 32 heavy (non-hydrogen) atoms. The summed E-state index contributed by atoms with van der Waals surface area (Å²) < 4.78 is 16.3. The van der Waals surface area contributed by atoms with Crippen molar-refractivity contribution in [3.8, 4) is 29.6 Å². The standard InChI is InChI=1S/C24H23ClN2O4S/c1-5-12-31-22-19(25)13-16(14-20(22)29-4)15-21-23(28)27(6-2)24(32-21)26-17-8-10-18(11-9-17)30-7-3/h1,8-11,13-15H,6-7,12H2,2-4H3/b21-15-,26-24?. The minimum Gasteiger partial charge on any atom is -0.494 e. The average Bonchev–Trinajstić information content (AvgIpc) is 3.07. The molecule has 0 aliphatic carbocycles. The second-order valence-corrected chi connectivity index (χ2v) is 7.92. The summed E-state index contributed by atoms with van der Waals surface area (Å²) in [6.45, 7) is 5.01. The molecule has 0 saturated carbocycles. The first kappa shape index (κ1) is 23.6. The van der Waals surface area contributed by atoms with Crippen molar-refractivity contribution in [2.24, 2.45) is 4.99 Å². The summed E-state index contributed by atoms with van der Waals surface area (Å²) in [5.74, 6) is 3.86. The van der Waals surface area contributed by atoms with Gasteiger partial charge in [0, 0.05) is 6.54 Å². The molecule has 0 bridgehead atoms. The third-order valence-corrected chi connectivity index (χ3v) is 5.71. The summed E-state index contributed by atoms with van der Waals surface area (Å²) in [6.07, 6.45) is 7.02. The molecule has 1 fully saturated rings. The van der Waals surface area contributed by atoms with Gasteiger partial charge in [0.15, 0.2) is 16.7 Å². The molecule has 1 saturated heterocycles. The van der Waals surface area contributed by atoms with Crippen molar-refractivity contribution < 1.29 is 19.0 Å². The normalized spacial score (nSPS) is 15.8. The van der Waals surface area contributed by atoms with E-state index in [-0.39, 0.29) is 12.5 Å². The maximum atomic E-state index is 13.0. The highest BCUT2D eigenvalue weighted by molar-refractivity contribution is 8.18. The molecule has 1 amide bonds. The first-order valence-electron chi connectivity index (χ1n) is 9.97. The molecule has 8 heteroatoms. The Morgan fingerprint density at radius 1 is 1.22 bits per heavy atom. The number of amides is 1. The van der Waals surface area contributed by atoms with E-state index in [2.05, 4.69) is 10.9 Å². The number of nitrogens with zero attached hydrogens (tertiary/aromatic N) is 2. The summed E-state index contributed by atoms with van der Waals surface area (Å²) in [5, 5.41) is 0.956. The quantitative estimate of drug-likeness (QED) is 0.382. The van der Waals surface area contributed by atoms with E-state index < -0.39 is 0 Å². The lowest BCUT2D eigenvalue weighted by atomic mass is 10.1. The van der Waals surface area contributed by atoms with E-state index in [4.69, 9.17) is 32.2 Å². The number of aliphatic imine (C=N–C) groups is 1. The van der Waals surface area contributed by atoms with Crippen molar-refractivity contribution in [3.63, 3.8) is 0 Å². The molecule has 0 atom stereocenters. The van der Waals surface area contributed by atoms with Crippen LogP contribution in [0.4, 0.5) is 5.69 Å². The van der Waals surface area contributed by atoms with Crippen molar-refractivity contribution in [2.45, 2.75) is 13.8 Å². The third-order valence-electron chi connectivity index (χ3n) is 4.43. The molecule has 1 heterocycles. The van der Waals surface area contributed by atoms with Crippen LogP contribution in [0.1, 0.15) is 19.4 Å². The van der Waals surface area contributed by atoms with Crippen LogP contribution < -0.4 is 14.2 Å². The lowest BCUT2D eigenvalue weighted by Crippen LogP contribution is -2.28. The predicted molar refractivity (Wildman–Crippen MR) is 130 cm³/mol. The first-order chi connectivity index (χ1) is 15.5. The number of carbonyl (C=O) groups excluding carboxylic acids is 1. The number of carbonyl (C=O) groups is 1. The number of likely N-dealkylation sites (N-methyl/N-ethyl adjacent to an activating group) is 1. The minimum atomic E-state index is -0.120. The molecule has 0 spiro atoms. The zero-order valence-electron chi connectivity index (χ0n) is 18.1. The Kier molecular flexibility index (Phi) is 8.09. The van der Waals surface area contributed by atoms with Crippen molar-refractivity contribution in [1.29, 1.82) is 0 Å². The number of methoxy groups -OCH3 is 1. The number of amidine groups is 1. The van der Waals surface area contributed by atoms with Gasteiger partial charge in [-0.2, -0.15) is 0 Å². The van der Waals surface area contributed by atoms with Crippen LogP contribution in [-0.4, -0.2) is 42.8 Å². The van der Waals surface area contributed by atoms with E-state index in [1.165, 1.54) is 18.9 Å². The number of terminal acetylenes is 1. The van der Waals surface area contributed by atoms with Crippen LogP contribution in [0.2, 0.25) is 5.02 Å². The number of hydrogen-bond donors (Lipinski definition) is 0. The Morgan fingerprint density at radius 2 is 1.97 bits per heavy atom. The van der Waals surface area contributed by atoms with Gasteiger partial charge in [-0.05, 0) is 73.6 Å². The molecule has 1 aliphatic rings. The molecule has 2 aromatic rings. The van der Waals surface area contributed by atoms with Crippen LogP contribution in [0.25, 0.3) is 6.08 Å². The summed E-state index contributed by atoms with van der Waals surface area (Å²) in [6, 6.07) is 10.9. The van der Waals surface area contributed by atoms with Crippen molar-refractivity contribution >= 4 is 46.2 Å². The van der Waals surface area contributed by atoms with Gasteiger partial charge in [0.1, 0.15) is 12.4 Å². The largest absolute Gasteiger partial charge is 0.494 e. The maximum Gasteiger partial charge on any atom is 0.266 e. The van der Waals surface area contributed by atoms with Crippen LogP contribution in [0.3, 0.4) is 0 Å². The van der Waals surface area contributed by atoms with Crippen molar-refractivity contribution in [1.82, 2.24) is 4.90 Å². The number of rotatable bonds is 8. The van der Waals surface area contributed by atoms with E-state index in [0.717, 1.165) is 11.4 Å². The van der Waals surface area contributed by atoms with Gasteiger partial charge in [0.05, 0.1) is 29.3 Å². The monoisotopic (exact) mass is 470 g/mol. The fourth-order valence-electron chi connectivity index (χ4n) is 2.99. The minimum absolute atomic E-state index is 0.0711. The summed E-state index contributed by atoms with van der Waals surface area (Å²) >= 11 is 7.67. The number of benzene rings is 2. The molecule has 0 unspecified atom stereocenters. The lowest BCUT2D eigenvalue weighted by molar-refractivity contribution is -0.122. The lowest BCUT2D eigenvalue weighted by Gasteiger charge is -2.12. The van der Waals surface area contributed by atoms with Crippen LogP contribution in [-0.2, 0) is 4.79 Å². The molecule has 3 rings (SSSR count). The second-order valence-electron chi connectivity index (χ2n) is 6.51. The molecule has 0 aromatic heterocycles. The fourth-order valence-corrected chi connectivity index (χ4v) is 4.33. The molecule has 0 N–H and O–H groups in total. The third kappa shape index (κ3) is 5.39. The Labute approximate surface area is 197 Å². The van der Waals surface area contributed by atoms with Crippen molar-refractivity contribution in [3.05, 3.63) is 51.9 Å². The van der Waals surface area contributed by atoms with Gasteiger partial charge < -0.3 is 14.2 Å². The molecular weight excluding hydrogens is 448 g/mol. The Balaban J connectivity index is 1.89. The zero-order valence-corrected chi connectivity index (χ0v) is 19.6. The highest BCUT2D eigenvalue weighted by Crippen LogP contribution is 2.39. The number of hydrogen-bond acceptors (Lipinski definition) is 6. The molecule has 1 aliphatic heterocycles. The van der Waals surface area contributed by atoms with Crippen LogP contribution in [0.15, 0.2) is 46.3 Å². The topological polar surface area (TPSA) is 60.4 Å². The predicted octanol–water partition coefficient (Wildman–Crippen LogP) is 5.38. The van der Waals surface area contributed by atoms with Gasteiger partial charge in [-0.3, -0.25) is 9.69 Å². The molecule has 166 valence electrons. The van der Waals surface area contributed by atoms with E-state index in [1.54, 1.807) is 23.1 Å². The highest BCUT2D eigenvalue weighted by atomic mass is 35.5. The number of ether oxygens (including phenoxy) is 3.